The van der Waals surface area contributed by atoms with Gasteiger partial charge in [-0.25, -0.2) is 4.79 Å². The first-order valence-electron chi connectivity index (χ1n) is 6.75. The van der Waals surface area contributed by atoms with Crippen molar-refractivity contribution in [2.45, 2.75) is 34.6 Å². The van der Waals surface area contributed by atoms with Crippen LogP contribution in [0.15, 0.2) is 0 Å². The van der Waals surface area contributed by atoms with E-state index in [1.54, 1.807) is 11.6 Å². The van der Waals surface area contributed by atoms with Gasteiger partial charge in [0.25, 0.3) is 0 Å². The second-order valence-corrected chi connectivity index (χ2v) is 5.91. The molecule has 5 heteroatoms. The first-order chi connectivity index (χ1) is 8.73. The molecule has 0 bridgehead atoms. The van der Waals surface area contributed by atoms with Crippen molar-refractivity contribution in [3.8, 4) is 0 Å². The average Bonchev–Trinajstić information content (AvgIpc) is 2.50. The van der Waals surface area contributed by atoms with Crippen LogP contribution in [0.25, 0.3) is 0 Å². The molecule has 1 heterocycles. The number of carboxylic acids is 1. The molecule has 0 atom stereocenters. The molecule has 108 valence electrons. The van der Waals surface area contributed by atoms with Crippen molar-refractivity contribution in [1.29, 1.82) is 0 Å². The minimum atomic E-state index is -0.905. The fourth-order valence-electron chi connectivity index (χ4n) is 2.39. The summed E-state index contributed by atoms with van der Waals surface area (Å²) in [6.07, 6.45) is 0. The van der Waals surface area contributed by atoms with Gasteiger partial charge < -0.3 is 10.0 Å². The first kappa shape index (κ1) is 15.5. The van der Waals surface area contributed by atoms with Crippen LogP contribution in [0.2, 0.25) is 0 Å². The molecule has 0 aromatic carbocycles. The molecule has 0 spiro atoms. The van der Waals surface area contributed by atoms with Gasteiger partial charge in [0.15, 0.2) is 0 Å². The van der Waals surface area contributed by atoms with Gasteiger partial charge in [0, 0.05) is 20.1 Å². The SMILES string of the molecule is Cc1nn(C)c(N(CC(C)C)CC(C)C)c1C(=O)O. The summed E-state index contributed by atoms with van der Waals surface area (Å²) in [5.74, 6) is 0.747. The van der Waals surface area contributed by atoms with Crippen LogP contribution in [-0.4, -0.2) is 33.9 Å². The molecule has 1 rings (SSSR count). The molecule has 0 aliphatic rings. The van der Waals surface area contributed by atoms with Gasteiger partial charge in [-0.15, -0.1) is 0 Å². The smallest absolute Gasteiger partial charge is 0.341 e. The summed E-state index contributed by atoms with van der Waals surface area (Å²) in [4.78, 5) is 13.6. The molecule has 0 fully saturated rings. The van der Waals surface area contributed by atoms with Crippen LogP contribution < -0.4 is 4.90 Å². The Bertz CT molecular complexity index is 440. The van der Waals surface area contributed by atoms with Crippen molar-refractivity contribution in [1.82, 2.24) is 9.78 Å². The number of hydrogen-bond donors (Lipinski definition) is 1. The maximum absolute atomic E-state index is 11.5. The molecular weight excluding hydrogens is 242 g/mol. The van der Waals surface area contributed by atoms with Gasteiger partial charge in [-0.05, 0) is 18.8 Å². The largest absolute Gasteiger partial charge is 0.477 e. The molecule has 1 aromatic rings. The number of carbonyl (C=O) groups is 1. The lowest BCUT2D eigenvalue weighted by Gasteiger charge is -2.28. The van der Waals surface area contributed by atoms with E-state index >= 15 is 0 Å². The quantitative estimate of drug-likeness (QED) is 0.860. The number of aromatic carboxylic acids is 1. The van der Waals surface area contributed by atoms with Gasteiger partial charge in [0.2, 0.25) is 0 Å². The minimum absolute atomic E-state index is 0.323. The molecule has 5 nitrogen and oxygen atoms in total. The van der Waals surface area contributed by atoms with Crippen LogP contribution >= 0.6 is 0 Å². The summed E-state index contributed by atoms with van der Waals surface area (Å²) in [5, 5.41) is 13.7. The van der Waals surface area contributed by atoms with E-state index in [9.17, 15) is 9.90 Å². The highest BCUT2D eigenvalue weighted by Gasteiger charge is 2.25. The Morgan fingerprint density at radius 2 is 1.74 bits per heavy atom. The van der Waals surface area contributed by atoms with Crippen molar-refractivity contribution in [3.63, 3.8) is 0 Å². The molecule has 1 aromatic heterocycles. The summed E-state index contributed by atoms with van der Waals surface area (Å²) in [6.45, 7) is 12.0. The summed E-state index contributed by atoms with van der Waals surface area (Å²) in [6, 6.07) is 0. The zero-order chi connectivity index (χ0) is 14.7. The van der Waals surface area contributed by atoms with E-state index in [1.807, 2.05) is 7.05 Å². The molecule has 0 aliphatic carbocycles. The van der Waals surface area contributed by atoms with Gasteiger partial charge in [-0.3, -0.25) is 4.68 Å². The van der Waals surface area contributed by atoms with Crippen LogP contribution in [-0.2, 0) is 7.05 Å². The van der Waals surface area contributed by atoms with Crippen LogP contribution in [0.1, 0.15) is 43.7 Å². The van der Waals surface area contributed by atoms with Crippen LogP contribution in [0.3, 0.4) is 0 Å². The lowest BCUT2D eigenvalue weighted by Crippen LogP contribution is -2.34. The summed E-state index contributed by atoms with van der Waals surface area (Å²) < 4.78 is 1.68. The highest BCUT2D eigenvalue weighted by molar-refractivity contribution is 5.94. The Morgan fingerprint density at radius 1 is 1.26 bits per heavy atom. The molecule has 0 aliphatic heterocycles. The number of rotatable bonds is 6. The fourth-order valence-corrected chi connectivity index (χ4v) is 2.39. The van der Waals surface area contributed by atoms with Crippen LogP contribution in [0.4, 0.5) is 5.82 Å². The van der Waals surface area contributed by atoms with Crippen molar-refractivity contribution < 1.29 is 9.90 Å². The summed E-state index contributed by atoms with van der Waals surface area (Å²) in [5.41, 5.74) is 0.895. The first-order valence-corrected chi connectivity index (χ1v) is 6.75. The predicted molar refractivity (Wildman–Crippen MR) is 76.8 cm³/mol. The summed E-state index contributed by atoms with van der Waals surface area (Å²) >= 11 is 0. The maximum Gasteiger partial charge on any atom is 0.341 e. The Balaban J connectivity index is 3.24. The number of aromatic nitrogens is 2. The monoisotopic (exact) mass is 267 g/mol. The third kappa shape index (κ3) is 3.72. The average molecular weight is 267 g/mol. The molecule has 1 N–H and O–H groups in total. The number of nitrogens with zero attached hydrogens (tertiary/aromatic N) is 3. The predicted octanol–water partition coefficient (Wildman–Crippen LogP) is 2.55. The molecule has 0 radical (unpaired) electrons. The number of hydrogen-bond acceptors (Lipinski definition) is 3. The topological polar surface area (TPSA) is 58.4 Å². The third-order valence-corrected chi connectivity index (χ3v) is 2.88. The van der Waals surface area contributed by atoms with Crippen LogP contribution in [0.5, 0.6) is 0 Å². The van der Waals surface area contributed by atoms with Gasteiger partial charge >= 0.3 is 5.97 Å². The molecule has 0 unspecified atom stereocenters. The number of aryl methyl sites for hydroxylation is 2. The van der Waals surface area contributed by atoms with E-state index in [0.29, 0.717) is 28.9 Å². The minimum Gasteiger partial charge on any atom is -0.477 e. The lowest BCUT2D eigenvalue weighted by molar-refractivity contribution is 0.0696. The maximum atomic E-state index is 11.5. The summed E-state index contributed by atoms with van der Waals surface area (Å²) in [7, 11) is 1.81. The Labute approximate surface area is 115 Å². The van der Waals surface area contributed by atoms with Gasteiger partial charge in [0.05, 0.1) is 5.69 Å². The third-order valence-electron chi connectivity index (χ3n) is 2.88. The molecule has 0 saturated heterocycles. The van der Waals surface area contributed by atoms with Crippen molar-refractivity contribution in [2.75, 3.05) is 18.0 Å². The van der Waals surface area contributed by atoms with E-state index in [2.05, 4.69) is 37.7 Å². The highest BCUT2D eigenvalue weighted by atomic mass is 16.4. The molecular formula is C14H25N3O2. The van der Waals surface area contributed by atoms with Gasteiger partial charge in [-0.1, -0.05) is 27.7 Å². The van der Waals surface area contributed by atoms with E-state index < -0.39 is 5.97 Å². The second kappa shape index (κ2) is 6.08. The standard InChI is InChI=1S/C14H25N3O2/c1-9(2)7-17(8-10(3)4)13-12(14(18)19)11(5)15-16(13)6/h9-10H,7-8H2,1-6H3,(H,18,19). The van der Waals surface area contributed by atoms with Crippen LogP contribution in [0, 0.1) is 18.8 Å². The Hall–Kier alpha value is -1.52. The van der Waals surface area contributed by atoms with E-state index in [0.717, 1.165) is 13.1 Å². The molecule has 0 saturated carbocycles. The van der Waals surface area contributed by atoms with E-state index in [1.165, 1.54) is 0 Å². The lowest BCUT2D eigenvalue weighted by atomic mass is 10.1. The van der Waals surface area contributed by atoms with E-state index in [-0.39, 0.29) is 0 Å². The number of carboxylic acid groups (broad SMARTS) is 1. The van der Waals surface area contributed by atoms with E-state index in [4.69, 9.17) is 0 Å². The Morgan fingerprint density at radius 3 is 2.11 bits per heavy atom. The second-order valence-electron chi connectivity index (χ2n) is 5.91. The van der Waals surface area contributed by atoms with Crippen molar-refractivity contribution in [2.24, 2.45) is 18.9 Å². The van der Waals surface area contributed by atoms with Crippen molar-refractivity contribution in [3.05, 3.63) is 11.3 Å². The normalized spacial score (nSPS) is 11.4. The number of anilines is 1. The van der Waals surface area contributed by atoms with Gasteiger partial charge in [0.1, 0.15) is 11.4 Å². The molecule has 0 amide bonds. The van der Waals surface area contributed by atoms with Gasteiger partial charge in [-0.2, -0.15) is 5.10 Å². The zero-order valence-corrected chi connectivity index (χ0v) is 12.8. The highest BCUT2D eigenvalue weighted by Crippen LogP contribution is 2.25. The van der Waals surface area contributed by atoms with Crippen molar-refractivity contribution >= 4 is 11.8 Å². The fraction of sp³-hybridized carbons (Fsp3) is 0.714. The molecule has 19 heavy (non-hydrogen) atoms. The zero-order valence-electron chi connectivity index (χ0n) is 12.8. The Kier molecular flexibility index (Phi) is 4.97.